The number of aryl methyl sites for hydroxylation is 6. The van der Waals surface area contributed by atoms with Gasteiger partial charge in [-0.2, -0.15) is 0 Å². The molecule has 162 valence electrons. The molecule has 0 unspecified atom stereocenters. The van der Waals surface area contributed by atoms with E-state index in [1.54, 1.807) is 0 Å². The van der Waals surface area contributed by atoms with Crippen LogP contribution < -0.4 is 0 Å². The quantitative estimate of drug-likeness (QED) is 0.332. The summed E-state index contributed by atoms with van der Waals surface area (Å²) < 4.78 is 2.30. The van der Waals surface area contributed by atoms with E-state index in [-0.39, 0.29) is 0 Å². The van der Waals surface area contributed by atoms with Crippen molar-refractivity contribution in [3.05, 3.63) is 68.8 Å². The Labute approximate surface area is 189 Å². The van der Waals surface area contributed by atoms with E-state index in [1.165, 1.54) is 50.0 Å². The number of aromatic amines is 1. The number of rotatable bonds is 0. The average Bonchev–Trinajstić information content (AvgIpc) is 3.47. The first kappa shape index (κ1) is 20.5. The molecule has 3 aromatic heterocycles. The minimum absolute atomic E-state index is 0.959. The van der Waals surface area contributed by atoms with Crippen LogP contribution in [0.3, 0.4) is 0 Å². The van der Waals surface area contributed by atoms with E-state index in [0.717, 1.165) is 33.8 Å². The summed E-state index contributed by atoms with van der Waals surface area (Å²) in [7, 11) is 2.15. The molecule has 0 atom stereocenters. The SMILES string of the molecule is CC1=C(C)c2nc1c(C)c1[nH]c(cc3nc(cc4c(C)c(C)c(c2C)n4C)C=C3)cc1C. The molecule has 0 fully saturated rings. The Hall–Kier alpha value is -3.40. The number of nitrogens with zero attached hydrogens (tertiary/aromatic N) is 3. The Kier molecular flexibility index (Phi) is 4.52. The summed E-state index contributed by atoms with van der Waals surface area (Å²) in [5, 5.41) is 0. The van der Waals surface area contributed by atoms with E-state index in [2.05, 4.69) is 95.4 Å². The predicted octanol–water partition coefficient (Wildman–Crippen LogP) is 6.99. The largest absolute Gasteiger partial charge is 0.355 e. The molecule has 0 saturated heterocycles. The second-order valence-corrected chi connectivity index (χ2v) is 9.22. The smallest absolute Gasteiger partial charge is 0.0719 e. The molecular weight excluding hydrogens is 392 g/mol. The first-order valence-corrected chi connectivity index (χ1v) is 11.2. The molecule has 3 aromatic rings. The molecule has 0 amide bonds. The topological polar surface area (TPSA) is 46.5 Å². The molecule has 5 rings (SSSR count). The van der Waals surface area contributed by atoms with Gasteiger partial charge in [0.2, 0.25) is 0 Å². The van der Waals surface area contributed by atoms with Gasteiger partial charge in [0.15, 0.2) is 0 Å². The van der Waals surface area contributed by atoms with Gasteiger partial charge in [-0.25, -0.2) is 9.97 Å². The third-order valence-electron chi connectivity index (χ3n) is 7.24. The van der Waals surface area contributed by atoms with Crippen molar-refractivity contribution < 1.29 is 0 Å². The Bertz CT molecular complexity index is 1540. The van der Waals surface area contributed by atoms with Gasteiger partial charge in [0.1, 0.15) is 0 Å². The second kappa shape index (κ2) is 7.06. The molecule has 4 nitrogen and oxygen atoms in total. The lowest BCUT2D eigenvalue weighted by Crippen LogP contribution is -1.93. The molecular formula is C28H30N4. The van der Waals surface area contributed by atoms with Gasteiger partial charge in [0, 0.05) is 29.1 Å². The van der Waals surface area contributed by atoms with E-state index in [4.69, 9.17) is 9.97 Å². The number of nitrogens with one attached hydrogen (secondary N) is 1. The summed E-state index contributed by atoms with van der Waals surface area (Å²) in [6.07, 6.45) is 4.17. The van der Waals surface area contributed by atoms with Gasteiger partial charge >= 0.3 is 0 Å². The van der Waals surface area contributed by atoms with E-state index in [9.17, 15) is 0 Å². The van der Waals surface area contributed by atoms with Gasteiger partial charge in [-0.1, -0.05) is 0 Å². The van der Waals surface area contributed by atoms with Crippen molar-refractivity contribution in [3.8, 4) is 0 Å². The van der Waals surface area contributed by atoms with Gasteiger partial charge in [0.05, 0.1) is 22.8 Å². The summed E-state index contributed by atoms with van der Waals surface area (Å²) in [5.74, 6) is 0. The molecule has 0 radical (unpaired) electrons. The normalized spacial score (nSPS) is 13.4. The zero-order valence-corrected chi connectivity index (χ0v) is 20.2. The number of hydrogen-bond donors (Lipinski definition) is 1. The maximum absolute atomic E-state index is 5.19. The summed E-state index contributed by atoms with van der Waals surface area (Å²) in [6, 6.07) is 6.49. The zero-order valence-electron chi connectivity index (χ0n) is 20.2. The highest BCUT2D eigenvalue weighted by atomic mass is 14.9. The van der Waals surface area contributed by atoms with Crippen LogP contribution in [0.2, 0.25) is 0 Å². The van der Waals surface area contributed by atoms with Crippen molar-refractivity contribution in [1.82, 2.24) is 19.5 Å². The Morgan fingerprint density at radius 2 is 1.31 bits per heavy atom. The van der Waals surface area contributed by atoms with Crippen LogP contribution in [0.25, 0.3) is 45.4 Å². The third kappa shape index (κ3) is 2.89. The van der Waals surface area contributed by atoms with E-state index >= 15 is 0 Å². The van der Waals surface area contributed by atoms with Crippen LogP contribution in [0.15, 0.2) is 18.2 Å². The Balaban J connectivity index is 2.05. The zero-order chi connectivity index (χ0) is 22.9. The number of allylic oxidation sites excluding steroid dienone is 2. The average molecular weight is 423 g/mol. The predicted molar refractivity (Wildman–Crippen MR) is 136 cm³/mol. The van der Waals surface area contributed by atoms with Gasteiger partial charge in [-0.15, -0.1) is 0 Å². The highest BCUT2D eigenvalue weighted by molar-refractivity contribution is 5.95. The number of aromatic nitrogens is 4. The highest BCUT2D eigenvalue weighted by Gasteiger charge is 2.20. The van der Waals surface area contributed by atoms with Crippen molar-refractivity contribution >= 4 is 45.4 Å². The van der Waals surface area contributed by atoms with Crippen molar-refractivity contribution in [3.63, 3.8) is 0 Å². The lowest BCUT2D eigenvalue weighted by molar-refractivity contribution is 0.997. The van der Waals surface area contributed by atoms with Crippen LogP contribution in [-0.4, -0.2) is 19.5 Å². The van der Waals surface area contributed by atoms with Gasteiger partial charge in [-0.3, -0.25) is 0 Å². The minimum atomic E-state index is 0.959. The van der Waals surface area contributed by atoms with Crippen molar-refractivity contribution in [2.75, 3.05) is 0 Å². The third-order valence-corrected chi connectivity index (χ3v) is 7.24. The van der Waals surface area contributed by atoms with Crippen LogP contribution in [-0.2, 0) is 7.05 Å². The molecule has 1 N–H and O–H groups in total. The summed E-state index contributed by atoms with van der Waals surface area (Å²) in [4.78, 5) is 13.7. The fourth-order valence-corrected chi connectivity index (χ4v) is 5.23. The molecule has 0 aliphatic carbocycles. The maximum Gasteiger partial charge on any atom is 0.0719 e. The molecule has 0 aromatic carbocycles. The molecule has 8 bridgehead atoms. The van der Waals surface area contributed by atoms with Crippen LogP contribution in [0.1, 0.15) is 64.4 Å². The van der Waals surface area contributed by atoms with Crippen LogP contribution in [0.4, 0.5) is 0 Å². The number of fused-ring (bicyclic) bond motifs is 8. The lowest BCUT2D eigenvalue weighted by atomic mass is 10.0. The standard InChI is InChI=1S/C28H30N4/c1-14-11-23-12-21-9-10-22(29-21)13-24-15(2)18(5)28(32(24)8)20(7)27-17(4)16(3)26(31-27)19(6)25(14)30-23/h9-13,30H,1-8H3. The fourth-order valence-electron chi connectivity index (χ4n) is 5.23. The van der Waals surface area contributed by atoms with Gasteiger partial charge in [-0.05, 0) is 118 Å². The number of H-pyrrole nitrogens is 1. The molecule has 5 heterocycles. The van der Waals surface area contributed by atoms with Crippen LogP contribution in [0.5, 0.6) is 0 Å². The van der Waals surface area contributed by atoms with Crippen LogP contribution >= 0.6 is 0 Å². The van der Waals surface area contributed by atoms with E-state index < -0.39 is 0 Å². The first-order chi connectivity index (χ1) is 15.2. The van der Waals surface area contributed by atoms with Gasteiger partial charge in [0.25, 0.3) is 0 Å². The van der Waals surface area contributed by atoms with E-state index in [1.807, 2.05) is 0 Å². The highest BCUT2D eigenvalue weighted by Crippen LogP contribution is 2.36. The first-order valence-electron chi connectivity index (χ1n) is 11.2. The van der Waals surface area contributed by atoms with E-state index in [0.29, 0.717) is 0 Å². The summed E-state index contributed by atoms with van der Waals surface area (Å²) in [6.45, 7) is 15.3. The lowest BCUT2D eigenvalue weighted by Gasteiger charge is -2.04. The second-order valence-electron chi connectivity index (χ2n) is 9.22. The molecule has 0 spiro atoms. The summed E-state index contributed by atoms with van der Waals surface area (Å²) in [5.41, 5.74) is 17.4. The monoisotopic (exact) mass is 422 g/mol. The van der Waals surface area contributed by atoms with Crippen molar-refractivity contribution in [2.45, 2.75) is 48.5 Å². The van der Waals surface area contributed by atoms with Gasteiger partial charge < -0.3 is 9.55 Å². The molecule has 32 heavy (non-hydrogen) atoms. The maximum atomic E-state index is 5.19. The number of hydrogen-bond acceptors (Lipinski definition) is 2. The van der Waals surface area contributed by atoms with Crippen molar-refractivity contribution in [2.24, 2.45) is 7.05 Å². The minimum Gasteiger partial charge on any atom is -0.355 e. The molecule has 0 saturated carbocycles. The molecule has 2 aliphatic heterocycles. The molecule has 4 heteroatoms. The Morgan fingerprint density at radius 3 is 2.00 bits per heavy atom. The fraction of sp³-hybridized carbons (Fsp3) is 0.286. The van der Waals surface area contributed by atoms with Crippen molar-refractivity contribution in [1.29, 1.82) is 0 Å². The van der Waals surface area contributed by atoms with Crippen LogP contribution in [0, 0.1) is 34.6 Å². The summed E-state index contributed by atoms with van der Waals surface area (Å²) >= 11 is 0. The Morgan fingerprint density at radius 1 is 0.688 bits per heavy atom. The molecule has 2 aliphatic rings.